The third-order valence-electron chi connectivity index (χ3n) is 4.29. The molecule has 0 aliphatic rings. The van der Waals surface area contributed by atoms with Crippen molar-refractivity contribution >= 4 is 23.2 Å². The third kappa shape index (κ3) is 4.96. The van der Waals surface area contributed by atoms with Crippen LogP contribution in [0, 0.1) is 5.82 Å². The highest BCUT2D eigenvalue weighted by Gasteiger charge is 2.14. The first-order valence-corrected chi connectivity index (χ1v) is 9.51. The number of nitrogens with one attached hydrogen (secondary N) is 1. The highest BCUT2D eigenvalue weighted by molar-refractivity contribution is 6.31. The molecule has 3 aromatic carbocycles. The molecule has 6 heteroatoms. The van der Waals surface area contributed by atoms with Crippen LogP contribution in [-0.2, 0) is 19.7 Å². The molecule has 0 atom stereocenters. The molecule has 3 nitrogen and oxygen atoms in total. The molecule has 28 heavy (non-hydrogen) atoms. The van der Waals surface area contributed by atoms with Crippen molar-refractivity contribution in [1.82, 2.24) is 5.32 Å². The summed E-state index contributed by atoms with van der Waals surface area (Å²) >= 11 is 12.3. The van der Waals surface area contributed by atoms with Gasteiger partial charge < -0.3 is 14.8 Å². The molecule has 0 radical (unpaired) electrons. The van der Waals surface area contributed by atoms with Gasteiger partial charge in [0.2, 0.25) is 0 Å². The topological polar surface area (TPSA) is 30.5 Å². The van der Waals surface area contributed by atoms with Crippen LogP contribution >= 0.6 is 23.2 Å². The van der Waals surface area contributed by atoms with Crippen molar-refractivity contribution in [2.45, 2.75) is 19.7 Å². The summed E-state index contributed by atoms with van der Waals surface area (Å²) in [4.78, 5) is 0. The molecule has 0 unspecified atom stereocenters. The summed E-state index contributed by atoms with van der Waals surface area (Å²) in [6.45, 7) is 1.14. The summed E-state index contributed by atoms with van der Waals surface area (Å²) < 4.78 is 25.4. The van der Waals surface area contributed by atoms with Gasteiger partial charge in [-0.25, -0.2) is 4.39 Å². The van der Waals surface area contributed by atoms with Crippen LogP contribution in [0.25, 0.3) is 0 Å². The number of hydrogen-bond donors (Lipinski definition) is 1. The Labute approximate surface area is 174 Å². The molecular weight excluding hydrogens is 400 g/mol. The lowest BCUT2D eigenvalue weighted by Crippen LogP contribution is -2.14. The molecule has 3 aromatic rings. The number of hydrogen-bond acceptors (Lipinski definition) is 3. The molecule has 0 aliphatic carbocycles. The fourth-order valence-corrected chi connectivity index (χ4v) is 3.23. The van der Waals surface area contributed by atoms with Gasteiger partial charge in [0.05, 0.1) is 12.1 Å². The van der Waals surface area contributed by atoms with Crippen LogP contribution in [0.5, 0.6) is 11.5 Å². The Morgan fingerprint density at radius 1 is 0.857 bits per heavy atom. The molecule has 0 saturated heterocycles. The molecule has 0 amide bonds. The minimum absolute atomic E-state index is 0.00337. The van der Waals surface area contributed by atoms with Gasteiger partial charge in [-0.3, -0.25) is 0 Å². The molecule has 0 aliphatic heterocycles. The molecule has 0 aromatic heterocycles. The second-order valence-corrected chi connectivity index (χ2v) is 6.95. The first-order valence-electron chi connectivity index (χ1n) is 8.76. The van der Waals surface area contributed by atoms with Crippen LogP contribution in [0.1, 0.15) is 16.7 Å². The van der Waals surface area contributed by atoms with E-state index in [1.165, 1.54) is 6.07 Å². The van der Waals surface area contributed by atoms with Gasteiger partial charge >= 0.3 is 0 Å². The number of rotatable bonds is 8. The van der Waals surface area contributed by atoms with Crippen molar-refractivity contribution < 1.29 is 13.9 Å². The maximum atomic E-state index is 14.0. The van der Waals surface area contributed by atoms with Gasteiger partial charge in [0.25, 0.3) is 0 Å². The Bertz CT molecular complexity index is 929. The normalized spacial score (nSPS) is 10.7. The van der Waals surface area contributed by atoms with Gasteiger partial charge in [0, 0.05) is 29.2 Å². The average molecular weight is 420 g/mol. The molecule has 0 bridgehead atoms. The molecule has 0 spiro atoms. The standard InChI is InChI=1S/C22H20Cl2FNO2/c1-27-21-11-4-7-16(13-26-12-15-6-2-3-8-18(15)23)22(21)28-14-17-19(24)9-5-10-20(17)25/h2-11,26H,12-14H2,1H3. The minimum atomic E-state index is -0.402. The summed E-state index contributed by atoms with van der Waals surface area (Å²) in [5.74, 6) is 0.723. The van der Waals surface area contributed by atoms with Crippen LogP contribution < -0.4 is 14.8 Å². The quantitative estimate of drug-likeness (QED) is 0.484. The number of para-hydroxylation sites is 1. The zero-order chi connectivity index (χ0) is 19.9. The van der Waals surface area contributed by atoms with E-state index in [0.717, 1.165) is 11.1 Å². The highest BCUT2D eigenvalue weighted by Crippen LogP contribution is 2.33. The summed E-state index contributed by atoms with van der Waals surface area (Å²) in [5.41, 5.74) is 2.21. The molecule has 3 rings (SSSR count). The fraction of sp³-hybridized carbons (Fsp3) is 0.182. The summed E-state index contributed by atoms with van der Waals surface area (Å²) in [6.07, 6.45) is 0. The molecule has 146 valence electrons. The van der Waals surface area contributed by atoms with Crippen molar-refractivity contribution in [3.05, 3.63) is 93.2 Å². The van der Waals surface area contributed by atoms with Crippen LogP contribution in [0.15, 0.2) is 60.7 Å². The zero-order valence-corrected chi connectivity index (χ0v) is 16.9. The van der Waals surface area contributed by atoms with E-state index in [2.05, 4.69) is 5.32 Å². The number of ether oxygens (including phenoxy) is 2. The van der Waals surface area contributed by atoms with Gasteiger partial charge in [-0.1, -0.05) is 59.6 Å². The lowest BCUT2D eigenvalue weighted by molar-refractivity contribution is 0.276. The Morgan fingerprint density at radius 3 is 2.29 bits per heavy atom. The van der Waals surface area contributed by atoms with Crippen molar-refractivity contribution in [1.29, 1.82) is 0 Å². The highest BCUT2D eigenvalue weighted by atomic mass is 35.5. The molecule has 0 saturated carbocycles. The molecule has 0 fully saturated rings. The average Bonchev–Trinajstić information content (AvgIpc) is 2.69. The lowest BCUT2D eigenvalue weighted by atomic mass is 10.1. The van der Waals surface area contributed by atoms with Gasteiger partial charge in [-0.15, -0.1) is 0 Å². The van der Waals surface area contributed by atoms with Crippen LogP contribution in [0.2, 0.25) is 10.0 Å². The first-order chi connectivity index (χ1) is 13.6. The second kappa shape index (κ2) is 9.78. The van der Waals surface area contributed by atoms with Gasteiger partial charge in [0.1, 0.15) is 12.4 Å². The zero-order valence-electron chi connectivity index (χ0n) is 15.3. The summed E-state index contributed by atoms with van der Waals surface area (Å²) in [6, 6.07) is 17.8. The van der Waals surface area contributed by atoms with Gasteiger partial charge in [-0.2, -0.15) is 0 Å². The number of benzene rings is 3. The predicted octanol–water partition coefficient (Wildman–Crippen LogP) is 6.01. The van der Waals surface area contributed by atoms with E-state index in [0.29, 0.717) is 40.2 Å². The summed E-state index contributed by atoms with van der Waals surface area (Å²) in [7, 11) is 1.57. The fourth-order valence-electron chi connectivity index (χ4n) is 2.81. The molecular formula is C22H20Cl2FNO2. The van der Waals surface area contributed by atoms with Crippen molar-refractivity contribution in [3.63, 3.8) is 0 Å². The van der Waals surface area contributed by atoms with Gasteiger partial charge in [0.15, 0.2) is 11.5 Å². The Balaban J connectivity index is 1.74. The predicted molar refractivity (Wildman–Crippen MR) is 111 cm³/mol. The molecule has 1 N–H and O–H groups in total. The van der Waals surface area contributed by atoms with E-state index in [1.807, 2.05) is 36.4 Å². The van der Waals surface area contributed by atoms with Crippen molar-refractivity contribution in [3.8, 4) is 11.5 Å². The maximum absolute atomic E-state index is 14.0. The summed E-state index contributed by atoms with van der Waals surface area (Å²) in [5, 5.41) is 4.39. The van der Waals surface area contributed by atoms with E-state index < -0.39 is 5.82 Å². The van der Waals surface area contributed by atoms with E-state index in [9.17, 15) is 4.39 Å². The second-order valence-electron chi connectivity index (χ2n) is 6.13. The van der Waals surface area contributed by atoms with Gasteiger partial charge in [-0.05, 0) is 29.8 Å². The maximum Gasteiger partial charge on any atom is 0.166 e. The lowest BCUT2D eigenvalue weighted by Gasteiger charge is -2.16. The smallest absolute Gasteiger partial charge is 0.166 e. The van der Waals surface area contributed by atoms with Crippen LogP contribution in [0.4, 0.5) is 4.39 Å². The number of halogens is 3. The number of methoxy groups -OCH3 is 1. The Kier molecular flexibility index (Phi) is 7.15. The van der Waals surface area contributed by atoms with E-state index in [1.54, 1.807) is 25.3 Å². The van der Waals surface area contributed by atoms with E-state index in [4.69, 9.17) is 32.7 Å². The van der Waals surface area contributed by atoms with Crippen molar-refractivity contribution in [2.75, 3.05) is 7.11 Å². The van der Waals surface area contributed by atoms with Crippen LogP contribution in [0.3, 0.4) is 0 Å². The van der Waals surface area contributed by atoms with E-state index in [-0.39, 0.29) is 6.61 Å². The monoisotopic (exact) mass is 419 g/mol. The Hall–Kier alpha value is -2.27. The van der Waals surface area contributed by atoms with E-state index >= 15 is 0 Å². The first kappa shape index (κ1) is 20.5. The minimum Gasteiger partial charge on any atom is -0.493 e. The Morgan fingerprint density at radius 2 is 1.54 bits per heavy atom. The SMILES string of the molecule is COc1cccc(CNCc2ccccc2Cl)c1OCc1c(F)cccc1Cl. The molecule has 0 heterocycles. The largest absolute Gasteiger partial charge is 0.493 e. The van der Waals surface area contributed by atoms with Crippen molar-refractivity contribution in [2.24, 2.45) is 0 Å². The van der Waals surface area contributed by atoms with Crippen LogP contribution in [-0.4, -0.2) is 7.11 Å². The third-order valence-corrected chi connectivity index (χ3v) is 5.01.